The molecule has 1 N–H and O–H groups in total. The standard InChI is InChI=1S/C18H23N3O4S/c1-13-17(14(2)25-20-13)26(23,24)21-10-6-9-16(12-21)18(22)19-11-15-7-4-3-5-8-15/h3-5,7-8,16H,6,9-12H2,1-2H3,(H,19,22). The van der Waals surface area contributed by atoms with E-state index in [0.717, 1.165) is 5.56 Å². The first-order chi connectivity index (χ1) is 12.4. The Bertz CT molecular complexity index is 858. The van der Waals surface area contributed by atoms with E-state index >= 15 is 0 Å². The summed E-state index contributed by atoms with van der Waals surface area (Å²) >= 11 is 0. The Kier molecular flexibility index (Phi) is 5.43. The number of rotatable bonds is 5. The van der Waals surface area contributed by atoms with E-state index in [2.05, 4.69) is 10.5 Å². The second-order valence-corrected chi connectivity index (χ2v) is 8.43. The highest BCUT2D eigenvalue weighted by atomic mass is 32.2. The third-order valence-electron chi connectivity index (χ3n) is 4.63. The summed E-state index contributed by atoms with van der Waals surface area (Å²) in [6.45, 7) is 4.20. The van der Waals surface area contributed by atoms with Crippen molar-refractivity contribution in [3.8, 4) is 0 Å². The maximum absolute atomic E-state index is 12.9. The molecule has 1 saturated heterocycles. The first-order valence-corrected chi connectivity index (χ1v) is 10.1. The van der Waals surface area contributed by atoms with Crippen LogP contribution in [0.5, 0.6) is 0 Å². The van der Waals surface area contributed by atoms with Gasteiger partial charge in [-0.15, -0.1) is 0 Å². The predicted octanol–water partition coefficient (Wildman–Crippen LogP) is 2.01. The molecule has 3 rings (SSSR count). The number of hydrogen-bond donors (Lipinski definition) is 1. The third kappa shape index (κ3) is 3.81. The van der Waals surface area contributed by atoms with Crippen molar-refractivity contribution in [2.24, 2.45) is 5.92 Å². The van der Waals surface area contributed by atoms with E-state index in [1.165, 1.54) is 4.31 Å². The van der Waals surface area contributed by atoms with Crippen LogP contribution >= 0.6 is 0 Å². The van der Waals surface area contributed by atoms with Crippen molar-refractivity contribution in [1.82, 2.24) is 14.8 Å². The van der Waals surface area contributed by atoms with Crippen molar-refractivity contribution in [2.45, 2.75) is 38.1 Å². The third-order valence-corrected chi connectivity index (χ3v) is 6.74. The van der Waals surface area contributed by atoms with Crippen LogP contribution in [0.25, 0.3) is 0 Å². The second kappa shape index (κ2) is 7.59. The van der Waals surface area contributed by atoms with Gasteiger partial charge in [0.05, 0.1) is 5.92 Å². The van der Waals surface area contributed by atoms with Gasteiger partial charge in [-0.1, -0.05) is 35.5 Å². The Balaban J connectivity index is 1.68. The Morgan fingerprint density at radius 2 is 2.04 bits per heavy atom. The van der Waals surface area contributed by atoms with E-state index in [1.54, 1.807) is 13.8 Å². The summed E-state index contributed by atoms with van der Waals surface area (Å²) in [5.74, 6) is -0.201. The highest BCUT2D eigenvalue weighted by molar-refractivity contribution is 7.89. The topological polar surface area (TPSA) is 92.5 Å². The SMILES string of the molecule is Cc1noc(C)c1S(=O)(=O)N1CCCC(C(=O)NCc2ccccc2)C1. The summed E-state index contributed by atoms with van der Waals surface area (Å²) in [5.41, 5.74) is 1.36. The number of aromatic nitrogens is 1. The number of nitrogens with one attached hydrogen (secondary N) is 1. The molecule has 2 heterocycles. The summed E-state index contributed by atoms with van der Waals surface area (Å²) in [4.78, 5) is 12.6. The smallest absolute Gasteiger partial charge is 0.248 e. The summed E-state index contributed by atoms with van der Waals surface area (Å²) in [7, 11) is -3.72. The lowest BCUT2D eigenvalue weighted by molar-refractivity contribution is -0.126. The van der Waals surface area contributed by atoms with Crippen LogP contribution in [0.2, 0.25) is 0 Å². The van der Waals surface area contributed by atoms with Crippen LogP contribution in [-0.4, -0.2) is 36.9 Å². The van der Waals surface area contributed by atoms with Gasteiger partial charge in [-0.2, -0.15) is 4.31 Å². The zero-order valence-electron chi connectivity index (χ0n) is 14.9. The molecule has 2 aromatic rings. The molecule has 1 unspecified atom stereocenters. The van der Waals surface area contributed by atoms with Gasteiger partial charge in [0.1, 0.15) is 10.6 Å². The zero-order chi connectivity index (χ0) is 18.7. The van der Waals surface area contributed by atoms with Gasteiger partial charge in [-0.3, -0.25) is 4.79 Å². The van der Waals surface area contributed by atoms with Gasteiger partial charge in [-0.25, -0.2) is 8.42 Å². The largest absolute Gasteiger partial charge is 0.360 e. The molecule has 1 atom stereocenters. The minimum Gasteiger partial charge on any atom is -0.360 e. The number of benzene rings is 1. The Labute approximate surface area is 153 Å². The average Bonchev–Trinajstić information content (AvgIpc) is 2.99. The van der Waals surface area contributed by atoms with Crippen LogP contribution in [0, 0.1) is 19.8 Å². The zero-order valence-corrected chi connectivity index (χ0v) is 15.8. The van der Waals surface area contributed by atoms with Gasteiger partial charge in [0.25, 0.3) is 0 Å². The van der Waals surface area contributed by atoms with Crippen molar-refractivity contribution in [1.29, 1.82) is 0 Å². The number of hydrogen-bond acceptors (Lipinski definition) is 5. The van der Waals surface area contributed by atoms with Gasteiger partial charge in [-0.05, 0) is 32.3 Å². The number of aryl methyl sites for hydroxylation is 2. The number of carbonyl (C=O) groups is 1. The number of sulfonamides is 1. The average molecular weight is 377 g/mol. The monoisotopic (exact) mass is 377 g/mol. The molecule has 8 heteroatoms. The molecule has 1 aliphatic heterocycles. The molecule has 0 saturated carbocycles. The van der Waals surface area contributed by atoms with Crippen LogP contribution in [0.4, 0.5) is 0 Å². The Hall–Kier alpha value is -2.19. The lowest BCUT2D eigenvalue weighted by atomic mass is 9.99. The minimum absolute atomic E-state index is 0.114. The van der Waals surface area contributed by atoms with E-state index in [-0.39, 0.29) is 29.0 Å². The molecule has 0 spiro atoms. The van der Waals surface area contributed by atoms with Crippen molar-refractivity contribution < 1.29 is 17.7 Å². The van der Waals surface area contributed by atoms with E-state index in [1.807, 2.05) is 30.3 Å². The molecular weight excluding hydrogens is 354 g/mol. The van der Waals surface area contributed by atoms with Gasteiger partial charge in [0.2, 0.25) is 15.9 Å². The summed E-state index contributed by atoms with van der Waals surface area (Å²) in [5, 5.41) is 6.64. The lowest BCUT2D eigenvalue weighted by Gasteiger charge is -2.31. The van der Waals surface area contributed by atoms with Crippen LogP contribution in [0.15, 0.2) is 39.8 Å². The summed E-state index contributed by atoms with van der Waals surface area (Å²) in [6.07, 6.45) is 1.32. The molecule has 1 fully saturated rings. The molecule has 140 valence electrons. The van der Waals surface area contributed by atoms with Gasteiger partial charge < -0.3 is 9.84 Å². The number of carbonyl (C=O) groups excluding carboxylic acids is 1. The quantitative estimate of drug-likeness (QED) is 0.860. The van der Waals surface area contributed by atoms with Crippen molar-refractivity contribution in [3.63, 3.8) is 0 Å². The van der Waals surface area contributed by atoms with Gasteiger partial charge in [0.15, 0.2) is 5.76 Å². The maximum Gasteiger partial charge on any atom is 0.248 e. The molecule has 0 bridgehead atoms. The molecule has 7 nitrogen and oxygen atoms in total. The first-order valence-electron chi connectivity index (χ1n) is 8.64. The van der Waals surface area contributed by atoms with Crippen molar-refractivity contribution >= 4 is 15.9 Å². The lowest BCUT2D eigenvalue weighted by Crippen LogP contribution is -2.45. The minimum atomic E-state index is -3.72. The van der Waals surface area contributed by atoms with Gasteiger partial charge >= 0.3 is 0 Å². The number of amides is 1. The number of piperidine rings is 1. The van der Waals surface area contributed by atoms with Gasteiger partial charge in [0, 0.05) is 19.6 Å². The normalized spacial score (nSPS) is 18.6. The first kappa shape index (κ1) is 18.6. The van der Waals surface area contributed by atoms with Crippen molar-refractivity contribution in [2.75, 3.05) is 13.1 Å². The van der Waals surface area contributed by atoms with Crippen molar-refractivity contribution in [3.05, 3.63) is 47.3 Å². The molecular formula is C18H23N3O4S. The number of nitrogens with zero attached hydrogens (tertiary/aromatic N) is 2. The molecule has 1 aliphatic rings. The molecule has 0 radical (unpaired) electrons. The Morgan fingerprint density at radius 1 is 1.31 bits per heavy atom. The summed E-state index contributed by atoms with van der Waals surface area (Å²) < 4.78 is 32.2. The molecule has 1 aromatic heterocycles. The fourth-order valence-corrected chi connectivity index (χ4v) is 5.09. The van der Waals surface area contributed by atoms with Crippen LogP contribution in [-0.2, 0) is 21.4 Å². The fraction of sp³-hybridized carbons (Fsp3) is 0.444. The Morgan fingerprint density at radius 3 is 2.69 bits per heavy atom. The molecule has 1 amide bonds. The van der Waals surface area contributed by atoms with Crippen LogP contribution in [0.1, 0.15) is 29.9 Å². The highest BCUT2D eigenvalue weighted by Crippen LogP contribution is 2.27. The molecule has 1 aromatic carbocycles. The van der Waals surface area contributed by atoms with E-state index in [0.29, 0.717) is 31.6 Å². The maximum atomic E-state index is 12.9. The van der Waals surface area contributed by atoms with Crippen LogP contribution in [0.3, 0.4) is 0 Å². The molecule has 26 heavy (non-hydrogen) atoms. The molecule has 0 aliphatic carbocycles. The second-order valence-electron chi connectivity index (χ2n) is 6.56. The van der Waals surface area contributed by atoms with E-state index in [9.17, 15) is 13.2 Å². The van der Waals surface area contributed by atoms with Crippen LogP contribution < -0.4 is 5.32 Å². The predicted molar refractivity (Wildman–Crippen MR) is 95.7 cm³/mol. The fourth-order valence-electron chi connectivity index (χ4n) is 3.28. The van der Waals surface area contributed by atoms with E-state index < -0.39 is 10.0 Å². The highest BCUT2D eigenvalue weighted by Gasteiger charge is 2.36. The summed E-state index contributed by atoms with van der Waals surface area (Å²) in [6, 6.07) is 9.63. The van der Waals surface area contributed by atoms with E-state index in [4.69, 9.17) is 4.52 Å².